The minimum atomic E-state index is 0.752. The standard InChI is InChI=1S/C18H18ClN3/c19-17-7-3-1-6-16(17)14-21-9-11-22(12-10-21)18-8-4-2-5-15(18)13-20/h1-8H,9-12,14H2. The number of halogens is 1. The van der Waals surface area contributed by atoms with Crippen molar-refractivity contribution in [1.29, 1.82) is 5.26 Å². The van der Waals surface area contributed by atoms with Crippen LogP contribution in [0.5, 0.6) is 0 Å². The second-order valence-corrected chi connectivity index (χ2v) is 5.89. The lowest BCUT2D eigenvalue weighted by Crippen LogP contribution is -2.46. The lowest BCUT2D eigenvalue weighted by molar-refractivity contribution is 0.250. The lowest BCUT2D eigenvalue weighted by atomic mass is 10.1. The summed E-state index contributed by atoms with van der Waals surface area (Å²) < 4.78 is 0. The first-order valence-electron chi connectivity index (χ1n) is 7.48. The van der Waals surface area contributed by atoms with Gasteiger partial charge in [0.25, 0.3) is 0 Å². The molecule has 0 saturated carbocycles. The van der Waals surface area contributed by atoms with E-state index in [1.807, 2.05) is 42.5 Å². The molecule has 0 spiro atoms. The Hall–Kier alpha value is -2.02. The first-order valence-corrected chi connectivity index (χ1v) is 7.85. The van der Waals surface area contributed by atoms with Crippen LogP contribution in [0, 0.1) is 11.3 Å². The molecule has 1 aliphatic rings. The highest BCUT2D eigenvalue weighted by atomic mass is 35.5. The van der Waals surface area contributed by atoms with Crippen LogP contribution in [0.3, 0.4) is 0 Å². The van der Waals surface area contributed by atoms with E-state index in [-0.39, 0.29) is 0 Å². The van der Waals surface area contributed by atoms with Crippen LogP contribution in [0.4, 0.5) is 5.69 Å². The summed E-state index contributed by atoms with van der Waals surface area (Å²) >= 11 is 6.23. The van der Waals surface area contributed by atoms with Crippen LogP contribution in [0.1, 0.15) is 11.1 Å². The summed E-state index contributed by atoms with van der Waals surface area (Å²) in [4.78, 5) is 4.70. The highest BCUT2D eigenvalue weighted by Gasteiger charge is 2.19. The maximum absolute atomic E-state index is 9.22. The van der Waals surface area contributed by atoms with Crippen molar-refractivity contribution in [1.82, 2.24) is 4.90 Å². The minimum absolute atomic E-state index is 0.752. The number of piperazine rings is 1. The summed E-state index contributed by atoms with van der Waals surface area (Å²) in [5.41, 5.74) is 2.97. The average Bonchev–Trinajstić information content (AvgIpc) is 2.58. The molecule has 0 unspecified atom stereocenters. The predicted octanol–water partition coefficient (Wildman–Crippen LogP) is 3.53. The third-order valence-corrected chi connectivity index (χ3v) is 4.46. The van der Waals surface area contributed by atoms with Crippen LogP contribution < -0.4 is 4.90 Å². The Bertz CT molecular complexity index is 685. The van der Waals surface area contributed by atoms with Gasteiger partial charge in [0.2, 0.25) is 0 Å². The Kier molecular flexibility index (Phi) is 4.62. The molecule has 2 aromatic carbocycles. The van der Waals surface area contributed by atoms with Gasteiger partial charge in [0.05, 0.1) is 11.3 Å². The maximum Gasteiger partial charge on any atom is 0.101 e. The second kappa shape index (κ2) is 6.83. The van der Waals surface area contributed by atoms with Gasteiger partial charge in [-0.05, 0) is 23.8 Å². The zero-order valence-corrected chi connectivity index (χ0v) is 13.1. The molecule has 3 nitrogen and oxygen atoms in total. The van der Waals surface area contributed by atoms with Crippen molar-refractivity contribution >= 4 is 17.3 Å². The van der Waals surface area contributed by atoms with E-state index in [4.69, 9.17) is 11.6 Å². The van der Waals surface area contributed by atoms with Crippen molar-refractivity contribution in [3.8, 4) is 6.07 Å². The lowest BCUT2D eigenvalue weighted by Gasteiger charge is -2.36. The van der Waals surface area contributed by atoms with Crippen LogP contribution in [0.2, 0.25) is 5.02 Å². The van der Waals surface area contributed by atoms with E-state index in [0.717, 1.165) is 49.0 Å². The molecule has 0 amide bonds. The minimum Gasteiger partial charge on any atom is -0.368 e. The van der Waals surface area contributed by atoms with Gasteiger partial charge in [-0.3, -0.25) is 4.90 Å². The highest BCUT2D eigenvalue weighted by molar-refractivity contribution is 6.31. The van der Waals surface area contributed by atoms with Gasteiger partial charge in [0.15, 0.2) is 0 Å². The van der Waals surface area contributed by atoms with Gasteiger partial charge in [-0.15, -0.1) is 0 Å². The molecule has 0 bridgehead atoms. The quantitative estimate of drug-likeness (QED) is 0.868. The molecule has 0 aromatic heterocycles. The van der Waals surface area contributed by atoms with Gasteiger partial charge >= 0.3 is 0 Å². The monoisotopic (exact) mass is 311 g/mol. The van der Waals surface area contributed by atoms with Gasteiger partial charge in [-0.1, -0.05) is 41.9 Å². The molecule has 4 heteroatoms. The van der Waals surface area contributed by atoms with Crippen molar-refractivity contribution in [2.75, 3.05) is 31.1 Å². The summed E-state index contributed by atoms with van der Waals surface area (Å²) in [5, 5.41) is 10.1. The van der Waals surface area contributed by atoms with Crippen molar-refractivity contribution in [3.05, 3.63) is 64.7 Å². The Morgan fingerprint density at radius 2 is 1.64 bits per heavy atom. The first kappa shape index (κ1) is 14.9. The van der Waals surface area contributed by atoms with E-state index in [9.17, 15) is 5.26 Å². The van der Waals surface area contributed by atoms with E-state index in [1.54, 1.807) is 0 Å². The van der Waals surface area contributed by atoms with E-state index < -0.39 is 0 Å². The number of rotatable bonds is 3. The van der Waals surface area contributed by atoms with Gasteiger partial charge in [-0.2, -0.15) is 5.26 Å². The first-order chi connectivity index (χ1) is 10.8. The van der Waals surface area contributed by atoms with Crippen molar-refractivity contribution < 1.29 is 0 Å². The molecular formula is C18H18ClN3. The molecule has 22 heavy (non-hydrogen) atoms. The van der Waals surface area contributed by atoms with E-state index >= 15 is 0 Å². The molecule has 2 aromatic rings. The summed E-state index contributed by atoms with van der Waals surface area (Å²) in [6, 6.07) is 18.1. The molecule has 0 N–H and O–H groups in total. The van der Waals surface area contributed by atoms with E-state index in [1.165, 1.54) is 5.56 Å². The Balaban J connectivity index is 1.63. The smallest absolute Gasteiger partial charge is 0.101 e. The molecule has 0 aliphatic carbocycles. The number of nitrogens with zero attached hydrogens (tertiary/aromatic N) is 3. The number of hydrogen-bond acceptors (Lipinski definition) is 3. The fourth-order valence-electron chi connectivity index (χ4n) is 2.86. The second-order valence-electron chi connectivity index (χ2n) is 5.48. The molecule has 1 fully saturated rings. The van der Waals surface area contributed by atoms with E-state index in [0.29, 0.717) is 0 Å². The molecular weight excluding hydrogens is 294 g/mol. The molecule has 1 saturated heterocycles. The molecule has 0 radical (unpaired) electrons. The molecule has 1 aliphatic heterocycles. The Morgan fingerprint density at radius 3 is 2.36 bits per heavy atom. The summed E-state index contributed by atoms with van der Waals surface area (Å²) in [6.45, 7) is 4.70. The summed E-state index contributed by atoms with van der Waals surface area (Å²) in [5.74, 6) is 0. The van der Waals surface area contributed by atoms with Gasteiger partial charge in [0.1, 0.15) is 6.07 Å². The topological polar surface area (TPSA) is 30.3 Å². The third kappa shape index (κ3) is 3.24. The predicted molar refractivity (Wildman–Crippen MR) is 90.1 cm³/mol. The fraction of sp³-hybridized carbons (Fsp3) is 0.278. The largest absolute Gasteiger partial charge is 0.368 e. The fourth-order valence-corrected chi connectivity index (χ4v) is 3.05. The van der Waals surface area contributed by atoms with Crippen LogP contribution in [-0.4, -0.2) is 31.1 Å². The number of benzene rings is 2. The average molecular weight is 312 g/mol. The summed E-state index contributed by atoms with van der Waals surface area (Å²) in [7, 11) is 0. The van der Waals surface area contributed by atoms with Gasteiger partial charge < -0.3 is 4.90 Å². The molecule has 3 rings (SSSR count). The van der Waals surface area contributed by atoms with Crippen molar-refractivity contribution in [3.63, 3.8) is 0 Å². The van der Waals surface area contributed by atoms with Crippen LogP contribution >= 0.6 is 11.6 Å². The number of para-hydroxylation sites is 1. The molecule has 112 valence electrons. The SMILES string of the molecule is N#Cc1ccccc1N1CCN(Cc2ccccc2Cl)CC1. The highest BCUT2D eigenvalue weighted by Crippen LogP contribution is 2.22. The zero-order valence-electron chi connectivity index (χ0n) is 12.4. The number of hydrogen-bond donors (Lipinski definition) is 0. The number of anilines is 1. The number of nitriles is 1. The van der Waals surface area contributed by atoms with Crippen molar-refractivity contribution in [2.24, 2.45) is 0 Å². The van der Waals surface area contributed by atoms with Crippen molar-refractivity contribution in [2.45, 2.75) is 6.54 Å². The third-order valence-electron chi connectivity index (χ3n) is 4.09. The summed E-state index contributed by atoms with van der Waals surface area (Å²) in [6.07, 6.45) is 0. The Morgan fingerprint density at radius 1 is 0.955 bits per heavy atom. The molecule has 1 heterocycles. The van der Waals surface area contributed by atoms with Gasteiger partial charge in [0, 0.05) is 37.7 Å². The normalized spacial score (nSPS) is 15.5. The zero-order chi connectivity index (χ0) is 15.4. The van der Waals surface area contributed by atoms with Gasteiger partial charge in [-0.25, -0.2) is 0 Å². The van der Waals surface area contributed by atoms with Crippen LogP contribution in [0.15, 0.2) is 48.5 Å². The molecule has 0 atom stereocenters. The Labute approximate surface area is 136 Å². The van der Waals surface area contributed by atoms with Crippen LogP contribution in [-0.2, 0) is 6.54 Å². The van der Waals surface area contributed by atoms with E-state index in [2.05, 4.69) is 21.9 Å². The van der Waals surface area contributed by atoms with Crippen LogP contribution in [0.25, 0.3) is 0 Å². The maximum atomic E-state index is 9.22.